The molecule has 0 amide bonds. The van der Waals surface area contributed by atoms with Crippen molar-refractivity contribution in [2.45, 2.75) is 17.8 Å². The summed E-state index contributed by atoms with van der Waals surface area (Å²) in [5, 5.41) is 22.5. The Labute approximate surface area is 108 Å². The molecule has 7 heteroatoms. The number of thioether (sulfide) groups is 1. The van der Waals surface area contributed by atoms with Gasteiger partial charge in [-0.1, -0.05) is 12.1 Å². The maximum absolute atomic E-state index is 10.9. The van der Waals surface area contributed by atoms with Crippen LogP contribution in [0.3, 0.4) is 0 Å². The second kappa shape index (κ2) is 5.36. The molecule has 1 aromatic carbocycles. The number of nitrogens with one attached hydrogen (secondary N) is 1. The third-order valence-electron chi connectivity index (χ3n) is 2.76. The van der Waals surface area contributed by atoms with Crippen molar-refractivity contribution in [2.75, 3.05) is 5.75 Å². The minimum atomic E-state index is -0.918. The normalized spacial score (nSPS) is 23.6. The lowest BCUT2D eigenvalue weighted by Crippen LogP contribution is -2.41. The number of nitro benzene ring substituents is 1. The summed E-state index contributed by atoms with van der Waals surface area (Å²) < 4.78 is 0. The number of benzene rings is 1. The largest absolute Gasteiger partial charge is 0.480 e. The van der Waals surface area contributed by atoms with Crippen molar-refractivity contribution in [2.24, 2.45) is 0 Å². The predicted molar refractivity (Wildman–Crippen MR) is 67.5 cm³/mol. The zero-order valence-electron chi connectivity index (χ0n) is 9.41. The van der Waals surface area contributed by atoms with Crippen LogP contribution in [-0.4, -0.2) is 27.8 Å². The van der Waals surface area contributed by atoms with Gasteiger partial charge in [-0.3, -0.25) is 20.2 Å². The van der Waals surface area contributed by atoms with Crippen LogP contribution in [0.2, 0.25) is 0 Å². The first-order chi connectivity index (χ1) is 8.59. The van der Waals surface area contributed by atoms with E-state index in [0.29, 0.717) is 17.7 Å². The van der Waals surface area contributed by atoms with E-state index >= 15 is 0 Å². The first-order valence-electron chi connectivity index (χ1n) is 5.43. The number of nitro groups is 1. The van der Waals surface area contributed by atoms with E-state index < -0.39 is 16.9 Å². The van der Waals surface area contributed by atoms with Crippen molar-refractivity contribution in [3.8, 4) is 0 Å². The summed E-state index contributed by atoms with van der Waals surface area (Å²) in [6.45, 7) is 0. The second-order valence-corrected chi connectivity index (χ2v) is 5.13. The van der Waals surface area contributed by atoms with Crippen LogP contribution in [0, 0.1) is 10.1 Å². The topological polar surface area (TPSA) is 92.5 Å². The molecule has 1 heterocycles. The molecule has 2 atom stereocenters. The fraction of sp³-hybridized carbons (Fsp3) is 0.364. The van der Waals surface area contributed by atoms with Crippen LogP contribution in [0.4, 0.5) is 5.69 Å². The lowest BCUT2D eigenvalue weighted by atomic mass is 10.1. The van der Waals surface area contributed by atoms with E-state index in [-0.39, 0.29) is 11.1 Å². The van der Waals surface area contributed by atoms with Crippen LogP contribution in [0.1, 0.15) is 17.4 Å². The maximum atomic E-state index is 10.9. The van der Waals surface area contributed by atoms with Crippen LogP contribution in [-0.2, 0) is 4.79 Å². The molecule has 0 saturated carbocycles. The highest BCUT2D eigenvalue weighted by atomic mass is 32.2. The molecule has 1 aromatic rings. The van der Waals surface area contributed by atoms with Crippen LogP contribution in [0.5, 0.6) is 0 Å². The van der Waals surface area contributed by atoms with Gasteiger partial charge in [0.1, 0.15) is 6.04 Å². The number of carbonyl (C=O) groups is 1. The Morgan fingerprint density at radius 1 is 1.50 bits per heavy atom. The van der Waals surface area contributed by atoms with Gasteiger partial charge in [0.15, 0.2) is 0 Å². The van der Waals surface area contributed by atoms with E-state index in [0.717, 1.165) is 0 Å². The van der Waals surface area contributed by atoms with E-state index in [4.69, 9.17) is 5.11 Å². The summed E-state index contributed by atoms with van der Waals surface area (Å²) in [6.07, 6.45) is 0.525. The Morgan fingerprint density at radius 3 is 2.89 bits per heavy atom. The molecule has 1 aliphatic rings. The molecule has 0 aliphatic carbocycles. The van der Waals surface area contributed by atoms with Gasteiger partial charge in [-0.15, -0.1) is 11.8 Å². The molecule has 2 N–H and O–H groups in total. The van der Waals surface area contributed by atoms with E-state index in [1.807, 2.05) is 0 Å². The molecule has 0 spiro atoms. The maximum Gasteiger partial charge on any atom is 0.320 e. The first-order valence-corrected chi connectivity index (χ1v) is 6.48. The lowest BCUT2D eigenvalue weighted by molar-refractivity contribution is -0.385. The highest BCUT2D eigenvalue weighted by molar-refractivity contribution is 7.99. The van der Waals surface area contributed by atoms with Crippen molar-refractivity contribution >= 4 is 23.4 Å². The van der Waals surface area contributed by atoms with Crippen LogP contribution in [0.25, 0.3) is 0 Å². The predicted octanol–water partition coefficient (Wildman–Crippen LogP) is 1.77. The van der Waals surface area contributed by atoms with E-state index in [9.17, 15) is 14.9 Å². The third-order valence-corrected chi connectivity index (χ3v) is 3.95. The summed E-state index contributed by atoms with van der Waals surface area (Å²) in [6, 6.07) is 5.77. The first kappa shape index (κ1) is 12.8. The summed E-state index contributed by atoms with van der Waals surface area (Å²) >= 11 is 1.49. The van der Waals surface area contributed by atoms with Gasteiger partial charge in [-0.2, -0.15) is 0 Å². The molecular formula is C11H12N2O4S. The average Bonchev–Trinajstić information content (AvgIpc) is 2.39. The van der Waals surface area contributed by atoms with Gasteiger partial charge in [0.2, 0.25) is 0 Å². The molecule has 0 radical (unpaired) electrons. The van der Waals surface area contributed by atoms with Crippen molar-refractivity contribution in [1.82, 2.24) is 5.32 Å². The van der Waals surface area contributed by atoms with Crippen molar-refractivity contribution in [3.05, 3.63) is 39.9 Å². The summed E-state index contributed by atoms with van der Waals surface area (Å²) in [5.41, 5.74) is 0.548. The summed E-state index contributed by atoms with van der Waals surface area (Å²) in [4.78, 5) is 21.4. The third kappa shape index (κ3) is 2.62. The van der Waals surface area contributed by atoms with Gasteiger partial charge in [0, 0.05) is 6.07 Å². The van der Waals surface area contributed by atoms with E-state index in [1.165, 1.54) is 17.8 Å². The Balaban J connectivity index is 2.26. The molecule has 1 aliphatic heterocycles. The molecule has 0 bridgehead atoms. The molecular weight excluding hydrogens is 256 g/mol. The standard InChI is InChI=1S/C11H12N2O4S/c14-11(15)8-5-6-18-10(12-8)7-3-1-2-4-9(7)13(16)17/h1-4,8,10,12H,5-6H2,(H,14,15). The average molecular weight is 268 g/mol. The van der Waals surface area contributed by atoms with Gasteiger partial charge in [-0.05, 0) is 18.2 Å². The smallest absolute Gasteiger partial charge is 0.320 e. The van der Waals surface area contributed by atoms with Crippen molar-refractivity contribution < 1.29 is 14.8 Å². The van der Waals surface area contributed by atoms with Gasteiger partial charge in [0.25, 0.3) is 5.69 Å². The Kier molecular flexibility index (Phi) is 3.83. The van der Waals surface area contributed by atoms with E-state index in [1.54, 1.807) is 18.2 Å². The Hall–Kier alpha value is -1.60. The van der Waals surface area contributed by atoms with Crippen molar-refractivity contribution in [1.29, 1.82) is 0 Å². The number of hydrogen-bond acceptors (Lipinski definition) is 5. The zero-order valence-corrected chi connectivity index (χ0v) is 10.2. The highest BCUT2D eigenvalue weighted by Gasteiger charge is 2.30. The molecule has 1 fully saturated rings. The van der Waals surface area contributed by atoms with Gasteiger partial charge in [-0.25, -0.2) is 0 Å². The zero-order chi connectivity index (χ0) is 13.1. The number of nitrogens with zero attached hydrogens (tertiary/aromatic N) is 1. The molecule has 6 nitrogen and oxygen atoms in total. The van der Waals surface area contributed by atoms with Crippen LogP contribution in [0.15, 0.2) is 24.3 Å². The van der Waals surface area contributed by atoms with Crippen LogP contribution < -0.4 is 5.32 Å². The number of rotatable bonds is 3. The minimum absolute atomic E-state index is 0.0218. The molecule has 2 rings (SSSR count). The fourth-order valence-corrected chi connectivity index (χ4v) is 3.11. The number of para-hydroxylation sites is 1. The van der Waals surface area contributed by atoms with Crippen LogP contribution >= 0.6 is 11.8 Å². The fourth-order valence-electron chi connectivity index (χ4n) is 1.87. The second-order valence-electron chi connectivity index (χ2n) is 3.91. The molecule has 18 heavy (non-hydrogen) atoms. The highest BCUT2D eigenvalue weighted by Crippen LogP contribution is 2.36. The van der Waals surface area contributed by atoms with Gasteiger partial charge < -0.3 is 5.11 Å². The molecule has 0 aromatic heterocycles. The number of hydrogen-bond donors (Lipinski definition) is 2. The number of aliphatic carboxylic acids is 1. The molecule has 1 saturated heterocycles. The van der Waals surface area contributed by atoms with Crippen molar-refractivity contribution in [3.63, 3.8) is 0 Å². The van der Waals surface area contributed by atoms with E-state index in [2.05, 4.69) is 5.32 Å². The molecule has 2 unspecified atom stereocenters. The number of carboxylic acid groups (broad SMARTS) is 1. The number of carboxylic acids is 1. The summed E-state index contributed by atoms with van der Waals surface area (Å²) in [5.74, 6) is -0.250. The minimum Gasteiger partial charge on any atom is -0.480 e. The van der Waals surface area contributed by atoms with Gasteiger partial charge >= 0.3 is 5.97 Å². The lowest BCUT2D eigenvalue weighted by Gasteiger charge is -2.28. The molecule has 96 valence electrons. The Bertz CT molecular complexity index is 480. The SMILES string of the molecule is O=C(O)C1CCSC(c2ccccc2[N+](=O)[O-])N1. The summed E-state index contributed by atoms with van der Waals surface area (Å²) in [7, 11) is 0. The quantitative estimate of drug-likeness (QED) is 0.641. The monoisotopic (exact) mass is 268 g/mol. The Morgan fingerprint density at radius 2 is 2.22 bits per heavy atom. The van der Waals surface area contributed by atoms with Gasteiger partial charge in [0.05, 0.1) is 15.9 Å².